The Labute approximate surface area is 222 Å². The Morgan fingerprint density at radius 1 is 1.08 bits per heavy atom. The summed E-state index contributed by atoms with van der Waals surface area (Å²) >= 11 is 6.42. The second-order valence-corrected chi connectivity index (χ2v) is 12.1. The van der Waals surface area contributed by atoms with Crippen molar-refractivity contribution in [3.8, 4) is 5.69 Å². The van der Waals surface area contributed by atoms with E-state index < -0.39 is 15.9 Å². The van der Waals surface area contributed by atoms with Gasteiger partial charge in [0.25, 0.3) is 0 Å². The van der Waals surface area contributed by atoms with Gasteiger partial charge in [0.2, 0.25) is 15.9 Å². The second kappa shape index (κ2) is 10.6. The number of nitrogens with one attached hydrogen (secondary N) is 1. The molecule has 2 aromatic heterocycles. The van der Waals surface area contributed by atoms with E-state index in [1.54, 1.807) is 53.3 Å². The number of sulfonamides is 1. The van der Waals surface area contributed by atoms with E-state index in [9.17, 15) is 13.2 Å². The highest BCUT2D eigenvalue weighted by atomic mass is 35.5. The summed E-state index contributed by atoms with van der Waals surface area (Å²) in [6.45, 7) is 7.74. The molecular weight excluding hydrogens is 510 g/mol. The third-order valence-electron chi connectivity index (χ3n) is 5.83. The molecule has 194 valence electrons. The van der Waals surface area contributed by atoms with Crippen molar-refractivity contribution in [2.45, 2.75) is 44.4 Å². The molecular formula is C27H30ClN5O3S. The molecule has 0 aliphatic carbocycles. The number of hydrogen-bond acceptors (Lipinski definition) is 5. The summed E-state index contributed by atoms with van der Waals surface area (Å²) in [7, 11) is -4.00. The van der Waals surface area contributed by atoms with Crippen molar-refractivity contribution in [3.05, 3.63) is 77.6 Å². The maximum atomic E-state index is 13.7. The van der Waals surface area contributed by atoms with Gasteiger partial charge in [-0.1, -0.05) is 69.6 Å². The highest BCUT2D eigenvalue weighted by Gasteiger charge is 2.29. The van der Waals surface area contributed by atoms with Crippen molar-refractivity contribution < 1.29 is 13.2 Å². The second-order valence-electron chi connectivity index (χ2n) is 9.75. The molecule has 2 heterocycles. The molecule has 0 saturated heterocycles. The van der Waals surface area contributed by atoms with Crippen molar-refractivity contribution in [3.63, 3.8) is 0 Å². The third kappa shape index (κ3) is 5.69. The first-order valence-electron chi connectivity index (χ1n) is 12.0. The van der Waals surface area contributed by atoms with Crippen LogP contribution in [0.2, 0.25) is 5.02 Å². The molecule has 0 aliphatic rings. The summed E-state index contributed by atoms with van der Waals surface area (Å²) < 4.78 is 30.1. The van der Waals surface area contributed by atoms with Gasteiger partial charge in [0.15, 0.2) is 0 Å². The van der Waals surface area contributed by atoms with Gasteiger partial charge in [-0.25, -0.2) is 13.1 Å². The highest BCUT2D eigenvalue weighted by molar-refractivity contribution is 7.89. The predicted molar refractivity (Wildman–Crippen MR) is 147 cm³/mol. The van der Waals surface area contributed by atoms with Gasteiger partial charge in [-0.2, -0.15) is 9.40 Å². The molecule has 4 aromatic rings. The Hall–Kier alpha value is -3.27. The van der Waals surface area contributed by atoms with Crippen LogP contribution in [0.15, 0.2) is 71.8 Å². The van der Waals surface area contributed by atoms with E-state index in [1.165, 1.54) is 10.4 Å². The number of carbonyl (C=O) groups is 1. The normalized spacial score (nSPS) is 12.3. The SMILES string of the molecule is CCCN(CC(=O)Nc1cc(C(C)(C)C)nn1-c1ccccc1Cl)S(=O)(=O)c1cccc2cccnc12. The molecule has 0 aliphatic heterocycles. The zero-order valence-corrected chi connectivity index (χ0v) is 22.8. The molecule has 0 fully saturated rings. The fourth-order valence-electron chi connectivity index (χ4n) is 3.94. The molecule has 0 saturated carbocycles. The summed E-state index contributed by atoms with van der Waals surface area (Å²) in [5, 5.41) is 8.73. The minimum Gasteiger partial charge on any atom is -0.309 e. The lowest BCUT2D eigenvalue weighted by molar-refractivity contribution is -0.116. The van der Waals surface area contributed by atoms with E-state index >= 15 is 0 Å². The summed E-state index contributed by atoms with van der Waals surface area (Å²) in [6, 6.07) is 17.5. The topological polar surface area (TPSA) is 97.2 Å². The van der Waals surface area contributed by atoms with Gasteiger partial charge in [-0.05, 0) is 30.7 Å². The summed E-state index contributed by atoms with van der Waals surface area (Å²) in [6.07, 6.45) is 2.09. The van der Waals surface area contributed by atoms with Crippen LogP contribution in [-0.2, 0) is 20.2 Å². The van der Waals surface area contributed by atoms with Crippen molar-refractivity contribution in [2.24, 2.45) is 0 Å². The van der Waals surface area contributed by atoms with E-state index in [1.807, 2.05) is 39.8 Å². The number of aromatic nitrogens is 3. The van der Waals surface area contributed by atoms with Gasteiger partial charge in [0, 0.05) is 29.6 Å². The number of nitrogens with zero attached hydrogens (tertiary/aromatic N) is 4. The van der Waals surface area contributed by atoms with Crippen LogP contribution in [0, 0.1) is 0 Å². The maximum Gasteiger partial charge on any atom is 0.245 e. The Balaban J connectivity index is 1.67. The Morgan fingerprint density at radius 2 is 1.81 bits per heavy atom. The summed E-state index contributed by atoms with van der Waals surface area (Å²) in [5.41, 5.74) is 1.45. The number of pyridine rings is 1. The molecule has 2 aromatic carbocycles. The monoisotopic (exact) mass is 539 g/mol. The number of hydrogen-bond donors (Lipinski definition) is 1. The van der Waals surface area contributed by atoms with Crippen LogP contribution in [0.4, 0.5) is 5.82 Å². The average molecular weight is 540 g/mol. The zero-order valence-electron chi connectivity index (χ0n) is 21.3. The van der Waals surface area contributed by atoms with E-state index in [2.05, 4.69) is 15.4 Å². The van der Waals surface area contributed by atoms with Crippen LogP contribution in [-0.4, -0.2) is 46.5 Å². The van der Waals surface area contributed by atoms with Crippen LogP contribution in [0.3, 0.4) is 0 Å². The minimum absolute atomic E-state index is 0.0722. The van der Waals surface area contributed by atoms with E-state index in [-0.39, 0.29) is 23.4 Å². The number of halogens is 1. The van der Waals surface area contributed by atoms with Crippen molar-refractivity contribution in [1.82, 2.24) is 19.1 Å². The molecule has 0 bridgehead atoms. The Kier molecular flexibility index (Phi) is 7.68. The first-order chi connectivity index (χ1) is 17.5. The molecule has 4 rings (SSSR count). The van der Waals surface area contributed by atoms with Crippen molar-refractivity contribution in [2.75, 3.05) is 18.4 Å². The smallest absolute Gasteiger partial charge is 0.245 e. The Bertz CT molecular complexity index is 1540. The molecule has 1 N–H and O–H groups in total. The van der Waals surface area contributed by atoms with Gasteiger partial charge in [-0.3, -0.25) is 9.78 Å². The molecule has 1 amide bonds. The predicted octanol–water partition coefficient (Wildman–Crippen LogP) is 5.41. The molecule has 0 spiro atoms. The third-order valence-corrected chi connectivity index (χ3v) is 8.03. The van der Waals surface area contributed by atoms with Gasteiger partial charge in [-0.15, -0.1) is 0 Å². The fourth-order valence-corrected chi connectivity index (χ4v) is 5.81. The highest BCUT2D eigenvalue weighted by Crippen LogP contribution is 2.29. The maximum absolute atomic E-state index is 13.7. The molecule has 0 radical (unpaired) electrons. The number of fused-ring (bicyclic) bond motifs is 1. The lowest BCUT2D eigenvalue weighted by Crippen LogP contribution is -2.38. The lowest BCUT2D eigenvalue weighted by atomic mass is 9.92. The van der Waals surface area contributed by atoms with E-state index in [4.69, 9.17) is 11.6 Å². The van der Waals surface area contributed by atoms with E-state index in [0.29, 0.717) is 33.9 Å². The number of anilines is 1. The number of amides is 1. The average Bonchev–Trinajstić information content (AvgIpc) is 3.27. The van der Waals surface area contributed by atoms with Crippen LogP contribution in [0.1, 0.15) is 39.8 Å². The van der Waals surface area contributed by atoms with E-state index in [0.717, 1.165) is 5.69 Å². The molecule has 8 nitrogen and oxygen atoms in total. The molecule has 0 unspecified atom stereocenters. The largest absolute Gasteiger partial charge is 0.309 e. The van der Waals surface area contributed by atoms with Crippen LogP contribution >= 0.6 is 11.6 Å². The Morgan fingerprint density at radius 3 is 2.51 bits per heavy atom. The number of rotatable bonds is 8. The van der Waals surface area contributed by atoms with Crippen LogP contribution in [0.25, 0.3) is 16.6 Å². The first kappa shape index (κ1) is 26.8. The van der Waals surface area contributed by atoms with Gasteiger partial charge in [0.05, 0.1) is 28.5 Å². The van der Waals surface area contributed by atoms with Gasteiger partial charge >= 0.3 is 0 Å². The van der Waals surface area contributed by atoms with Crippen molar-refractivity contribution in [1.29, 1.82) is 0 Å². The lowest BCUT2D eigenvalue weighted by Gasteiger charge is -2.22. The minimum atomic E-state index is -4.00. The number of carbonyl (C=O) groups excluding carboxylic acids is 1. The summed E-state index contributed by atoms with van der Waals surface area (Å²) in [5.74, 6) is -0.0809. The molecule has 37 heavy (non-hydrogen) atoms. The van der Waals surface area contributed by atoms with Crippen molar-refractivity contribution >= 4 is 44.3 Å². The first-order valence-corrected chi connectivity index (χ1v) is 13.8. The number of para-hydroxylation sites is 2. The standard InChI is InChI=1S/C27H30ClN5O3S/c1-5-16-32(37(35,36)22-14-8-10-19-11-9-15-29-26(19)22)18-25(34)30-24-17-23(27(2,3)4)31-33(24)21-13-7-6-12-20(21)28/h6-15,17H,5,16,18H2,1-4H3,(H,30,34). The van der Waals surface area contributed by atoms with Gasteiger partial charge < -0.3 is 5.32 Å². The molecule has 0 atom stereocenters. The zero-order chi connectivity index (χ0) is 26.8. The van der Waals surface area contributed by atoms with Crippen LogP contribution < -0.4 is 5.32 Å². The molecule has 10 heteroatoms. The van der Waals surface area contributed by atoms with Gasteiger partial charge in [0.1, 0.15) is 10.7 Å². The van der Waals surface area contributed by atoms with Crippen LogP contribution in [0.5, 0.6) is 0 Å². The summed E-state index contributed by atoms with van der Waals surface area (Å²) in [4.78, 5) is 17.6. The fraction of sp³-hybridized carbons (Fsp3) is 0.296. The number of benzene rings is 2. The quantitative estimate of drug-likeness (QED) is 0.323.